The van der Waals surface area contributed by atoms with Crippen LogP contribution in [0.4, 0.5) is 4.39 Å². The molecule has 0 aliphatic heterocycles. The zero-order valence-electron chi connectivity index (χ0n) is 7.58. The molecule has 0 amide bonds. The van der Waals surface area contributed by atoms with E-state index < -0.39 is 16.6 Å². The van der Waals surface area contributed by atoms with Crippen LogP contribution in [0.25, 0.3) is 6.08 Å². The largest absolute Gasteiger partial charge is 0.255 e. The Morgan fingerprint density at radius 1 is 1.46 bits per heavy atom. The van der Waals surface area contributed by atoms with Crippen LogP contribution >= 0.6 is 0 Å². The lowest BCUT2D eigenvalue weighted by Gasteiger charge is -1.99. The molecule has 3 heteroatoms. The monoisotopic (exact) mass is 198 g/mol. The minimum Gasteiger partial charge on any atom is -0.255 e. The number of rotatable bonds is 2. The lowest BCUT2D eigenvalue weighted by Crippen LogP contribution is -1.92. The fourth-order valence-corrected chi connectivity index (χ4v) is 1.64. The first kappa shape index (κ1) is 10.1. The summed E-state index contributed by atoms with van der Waals surface area (Å²) in [6.45, 7) is 1.86. The zero-order valence-corrected chi connectivity index (χ0v) is 8.40. The third-order valence-electron chi connectivity index (χ3n) is 1.62. The van der Waals surface area contributed by atoms with Crippen molar-refractivity contribution in [2.24, 2.45) is 0 Å². The van der Waals surface area contributed by atoms with Gasteiger partial charge in [-0.15, -0.1) is 0 Å². The van der Waals surface area contributed by atoms with Gasteiger partial charge in [-0.2, -0.15) is 0 Å². The molecular weight excluding hydrogens is 187 g/mol. The molecule has 1 atom stereocenters. The fourth-order valence-electron chi connectivity index (χ4n) is 1.05. The van der Waals surface area contributed by atoms with Crippen molar-refractivity contribution in [1.82, 2.24) is 0 Å². The van der Waals surface area contributed by atoms with Crippen molar-refractivity contribution >= 4 is 16.9 Å². The average Bonchev–Trinajstić information content (AvgIpc) is 2.04. The Balaban J connectivity index is 3.12. The highest BCUT2D eigenvalue weighted by molar-refractivity contribution is 7.84. The normalized spacial score (nSPS) is 13.5. The summed E-state index contributed by atoms with van der Waals surface area (Å²) in [6, 6.07) is 4.69. The maximum Gasteiger partial charge on any atom is 0.139 e. The molecule has 1 rings (SSSR count). The summed E-state index contributed by atoms with van der Waals surface area (Å²) in [4.78, 5) is 0.258. The summed E-state index contributed by atoms with van der Waals surface area (Å²) in [6.07, 6.45) is 5.09. The molecule has 0 aromatic heterocycles. The summed E-state index contributed by atoms with van der Waals surface area (Å²) in [7, 11) is -1.25. The van der Waals surface area contributed by atoms with Gasteiger partial charge in [0, 0.05) is 6.26 Å². The summed E-state index contributed by atoms with van der Waals surface area (Å²) in [5, 5.41) is 0. The van der Waals surface area contributed by atoms with E-state index in [-0.39, 0.29) is 4.90 Å². The van der Waals surface area contributed by atoms with Crippen LogP contribution in [0.5, 0.6) is 0 Å². The summed E-state index contributed by atoms with van der Waals surface area (Å²) < 4.78 is 24.2. The van der Waals surface area contributed by atoms with Crippen LogP contribution in [0.2, 0.25) is 0 Å². The lowest BCUT2D eigenvalue weighted by molar-refractivity contribution is 0.595. The molecule has 0 aliphatic carbocycles. The maximum absolute atomic E-state index is 13.2. The molecule has 70 valence electrons. The molecule has 0 spiro atoms. The van der Waals surface area contributed by atoms with Gasteiger partial charge in [0.05, 0.1) is 15.7 Å². The van der Waals surface area contributed by atoms with Gasteiger partial charge in [-0.05, 0) is 24.6 Å². The maximum atomic E-state index is 13.2. The van der Waals surface area contributed by atoms with Crippen molar-refractivity contribution in [3.63, 3.8) is 0 Å². The Labute approximate surface area is 79.7 Å². The minimum absolute atomic E-state index is 0.258. The van der Waals surface area contributed by atoms with Crippen LogP contribution in [0.15, 0.2) is 29.2 Å². The van der Waals surface area contributed by atoms with Crippen LogP contribution in [0.3, 0.4) is 0 Å². The minimum atomic E-state index is -1.25. The van der Waals surface area contributed by atoms with E-state index in [9.17, 15) is 8.60 Å². The number of hydrogen-bond donors (Lipinski definition) is 0. The van der Waals surface area contributed by atoms with Gasteiger partial charge < -0.3 is 0 Å². The van der Waals surface area contributed by atoms with Crippen molar-refractivity contribution in [3.05, 3.63) is 35.7 Å². The van der Waals surface area contributed by atoms with E-state index in [1.54, 1.807) is 18.2 Å². The van der Waals surface area contributed by atoms with Crippen molar-refractivity contribution < 1.29 is 8.60 Å². The number of benzene rings is 1. The van der Waals surface area contributed by atoms with Crippen LogP contribution < -0.4 is 0 Å². The Hall–Kier alpha value is -0.960. The third-order valence-corrected chi connectivity index (χ3v) is 2.58. The van der Waals surface area contributed by atoms with Gasteiger partial charge in [0.1, 0.15) is 5.82 Å². The molecule has 0 fully saturated rings. The second kappa shape index (κ2) is 4.33. The Bertz CT molecular complexity index is 358. The highest BCUT2D eigenvalue weighted by atomic mass is 32.2. The van der Waals surface area contributed by atoms with Gasteiger partial charge in [0.2, 0.25) is 0 Å². The topological polar surface area (TPSA) is 17.1 Å². The Morgan fingerprint density at radius 2 is 2.15 bits per heavy atom. The van der Waals surface area contributed by atoms with Crippen LogP contribution in [-0.2, 0) is 10.8 Å². The van der Waals surface area contributed by atoms with Crippen LogP contribution in [0, 0.1) is 5.82 Å². The molecule has 1 aromatic rings. The molecule has 0 radical (unpaired) electrons. The lowest BCUT2D eigenvalue weighted by atomic mass is 10.2. The SMILES string of the molecule is CC=Cc1ccc(S(C)=O)c(F)c1. The van der Waals surface area contributed by atoms with E-state index in [0.717, 1.165) is 5.56 Å². The van der Waals surface area contributed by atoms with Crippen molar-refractivity contribution in [1.29, 1.82) is 0 Å². The molecule has 13 heavy (non-hydrogen) atoms. The fraction of sp³-hybridized carbons (Fsp3) is 0.200. The summed E-state index contributed by atoms with van der Waals surface area (Å²) in [5.74, 6) is -0.406. The van der Waals surface area contributed by atoms with Crippen LogP contribution in [-0.4, -0.2) is 10.5 Å². The highest BCUT2D eigenvalue weighted by Gasteiger charge is 2.04. The molecule has 1 nitrogen and oxygen atoms in total. The standard InChI is InChI=1S/C10H11FOS/c1-3-4-8-5-6-10(13(2)12)9(11)7-8/h3-7H,1-2H3. The highest BCUT2D eigenvalue weighted by Crippen LogP contribution is 2.14. The molecule has 1 unspecified atom stereocenters. The first-order chi connectivity index (χ1) is 6.15. The second-order valence-corrected chi connectivity index (χ2v) is 3.99. The first-order valence-corrected chi connectivity index (χ1v) is 5.46. The average molecular weight is 198 g/mol. The van der Waals surface area contributed by atoms with Gasteiger partial charge in [-0.25, -0.2) is 4.39 Å². The van der Waals surface area contributed by atoms with Crippen molar-refractivity contribution in [2.75, 3.05) is 6.26 Å². The Kier molecular flexibility index (Phi) is 3.37. The third kappa shape index (κ3) is 2.49. The Morgan fingerprint density at radius 3 is 2.62 bits per heavy atom. The second-order valence-electron chi connectivity index (χ2n) is 2.64. The predicted octanol–water partition coefficient (Wildman–Crippen LogP) is 2.60. The number of halogens is 1. The van der Waals surface area contributed by atoms with Gasteiger partial charge in [-0.1, -0.05) is 18.2 Å². The first-order valence-electron chi connectivity index (χ1n) is 3.91. The number of allylic oxidation sites excluding steroid dienone is 1. The predicted molar refractivity (Wildman–Crippen MR) is 53.4 cm³/mol. The summed E-state index contributed by atoms with van der Waals surface area (Å²) >= 11 is 0. The summed E-state index contributed by atoms with van der Waals surface area (Å²) in [5.41, 5.74) is 0.786. The molecule has 1 aromatic carbocycles. The zero-order chi connectivity index (χ0) is 9.84. The van der Waals surface area contributed by atoms with E-state index >= 15 is 0 Å². The van der Waals surface area contributed by atoms with Gasteiger partial charge >= 0.3 is 0 Å². The number of hydrogen-bond acceptors (Lipinski definition) is 1. The molecule has 0 bridgehead atoms. The van der Waals surface area contributed by atoms with E-state index in [1.165, 1.54) is 12.3 Å². The quantitative estimate of drug-likeness (QED) is 0.714. The van der Waals surface area contributed by atoms with Gasteiger partial charge in [0.15, 0.2) is 0 Å². The molecule has 0 saturated carbocycles. The molecule has 0 saturated heterocycles. The van der Waals surface area contributed by atoms with E-state index in [2.05, 4.69) is 0 Å². The molecule has 0 N–H and O–H groups in total. The van der Waals surface area contributed by atoms with E-state index in [4.69, 9.17) is 0 Å². The van der Waals surface area contributed by atoms with Crippen molar-refractivity contribution in [2.45, 2.75) is 11.8 Å². The van der Waals surface area contributed by atoms with Crippen molar-refractivity contribution in [3.8, 4) is 0 Å². The van der Waals surface area contributed by atoms with Crippen LogP contribution in [0.1, 0.15) is 12.5 Å². The van der Waals surface area contributed by atoms with Gasteiger partial charge in [0.25, 0.3) is 0 Å². The smallest absolute Gasteiger partial charge is 0.139 e. The molecule has 0 aliphatic rings. The van der Waals surface area contributed by atoms with Gasteiger partial charge in [-0.3, -0.25) is 4.21 Å². The van der Waals surface area contributed by atoms with E-state index in [1.807, 2.05) is 13.0 Å². The van der Waals surface area contributed by atoms with E-state index in [0.29, 0.717) is 0 Å². The molecule has 0 heterocycles. The molecular formula is C10H11FOS.